The Balaban J connectivity index is 2.14. The minimum absolute atomic E-state index is 0.106. The highest BCUT2D eigenvalue weighted by atomic mass is 19.4. The van der Waals surface area contributed by atoms with E-state index in [9.17, 15) is 28.1 Å². The zero-order valence-electron chi connectivity index (χ0n) is 11.5. The lowest BCUT2D eigenvalue weighted by Gasteiger charge is -2.09. The normalized spacial score (nSPS) is 11.1. The maximum atomic E-state index is 12.0. The number of amides is 1. The first kappa shape index (κ1) is 16.3. The molecule has 23 heavy (non-hydrogen) atoms. The van der Waals surface area contributed by atoms with E-state index >= 15 is 0 Å². The summed E-state index contributed by atoms with van der Waals surface area (Å²) in [4.78, 5) is 22.1. The van der Waals surface area contributed by atoms with Crippen LogP contribution in [0.1, 0.15) is 16.2 Å². The number of aromatic amines is 1. The number of hydrogen-bond acceptors (Lipinski definition) is 5. The molecule has 1 aromatic carbocycles. The van der Waals surface area contributed by atoms with Crippen LogP contribution in [0.25, 0.3) is 0 Å². The summed E-state index contributed by atoms with van der Waals surface area (Å²) in [6, 6.07) is 4.30. The fraction of sp³-hybridized carbons (Fsp3) is 0.167. The van der Waals surface area contributed by atoms with E-state index in [1.165, 1.54) is 6.92 Å². The number of alkyl halides is 3. The van der Waals surface area contributed by atoms with Crippen LogP contribution in [0.15, 0.2) is 24.3 Å². The summed E-state index contributed by atoms with van der Waals surface area (Å²) < 4.78 is 39.8. The van der Waals surface area contributed by atoms with Crippen LogP contribution in [0.5, 0.6) is 5.75 Å². The Morgan fingerprint density at radius 3 is 2.48 bits per heavy atom. The van der Waals surface area contributed by atoms with Gasteiger partial charge in [0, 0.05) is 5.69 Å². The average molecular weight is 330 g/mol. The van der Waals surface area contributed by atoms with Crippen molar-refractivity contribution in [3.8, 4) is 5.75 Å². The summed E-state index contributed by atoms with van der Waals surface area (Å²) in [5.41, 5.74) is -0.670. The molecular weight excluding hydrogens is 321 g/mol. The number of nitrogens with one attached hydrogen (secondary N) is 2. The number of carbonyl (C=O) groups excluding carboxylic acids is 1. The predicted octanol–water partition coefficient (Wildman–Crippen LogP) is 2.78. The number of aromatic nitrogens is 2. The van der Waals surface area contributed by atoms with Gasteiger partial charge in [-0.1, -0.05) is 0 Å². The van der Waals surface area contributed by atoms with Crippen LogP contribution in [0.2, 0.25) is 0 Å². The van der Waals surface area contributed by atoms with Crippen LogP contribution >= 0.6 is 0 Å². The number of carbonyl (C=O) groups is 1. The van der Waals surface area contributed by atoms with E-state index in [1.54, 1.807) is 0 Å². The van der Waals surface area contributed by atoms with Gasteiger partial charge in [0.1, 0.15) is 11.4 Å². The maximum absolute atomic E-state index is 12.0. The van der Waals surface area contributed by atoms with Gasteiger partial charge in [0.15, 0.2) is 0 Å². The van der Waals surface area contributed by atoms with Gasteiger partial charge in [0.25, 0.3) is 5.91 Å². The molecule has 0 bridgehead atoms. The minimum Gasteiger partial charge on any atom is -0.406 e. The fourth-order valence-electron chi connectivity index (χ4n) is 1.74. The number of rotatable bonds is 4. The van der Waals surface area contributed by atoms with E-state index in [1.807, 2.05) is 0 Å². The zero-order valence-corrected chi connectivity index (χ0v) is 11.5. The molecule has 2 aromatic rings. The molecule has 0 unspecified atom stereocenters. The molecule has 8 nitrogen and oxygen atoms in total. The summed E-state index contributed by atoms with van der Waals surface area (Å²) in [5.74, 6) is -1.33. The quantitative estimate of drug-likeness (QED) is 0.661. The van der Waals surface area contributed by atoms with Gasteiger partial charge in [0.05, 0.1) is 4.92 Å². The third-order valence-electron chi connectivity index (χ3n) is 2.66. The second-order valence-corrected chi connectivity index (χ2v) is 4.33. The molecule has 2 rings (SSSR count). The highest BCUT2D eigenvalue weighted by Gasteiger charge is 2.31. The summed E-state index contributed by atoms with van der Waals surface area (Å²) in [6.07, 6.45) is -4.82. The van der Waals surface area contributed by atoms with Crippen molar-refractivity contribution in [2.75, 3.05) is 5.32 Å². The smallest absolute Gasteiger partial charge is 0.406 e. The third-order valence-corrected chi connectivity index (χ3v) is 2.66. The highest BCUT2D eigenvalue weighted by Crippen LogP contribution is 2.25. The Kier molecular flexibility index (Phi) is 4.20. The lowest BCUT2D eigenvalue weighted by Crippen LogP contribution is -2.17. The van der Waals surface area contributed by atoms with Gasteiger partial charge < -0.3 is 10.1 Å². The number of nitro groups is 1. The summed E-state index contributed by atoms with van der Waals surface area (Å²) in [5, 5.41) is 19.0. The Hall–Kier alpha value is -3.11. The van der Waals surface area contributed by atoms with Crippen LogP contribution < -0.4 is 10.1 Å². The molecule has 122 valence electrons. The molecule has 0 aliphatic heterocycles. The first-order chi connectivity index (χ1) is 10.7. The van der Waals surface area contributed by atoms with Crippen molar-refractivity contribution in [2.45, 2.75) is 13.3 Å². The molecule has 1 heterocycles. The van der Waals surface area contributed by atoms with Crippen LogP contribution in [-0.4, -0.2) is 27.4 Å². The molecule has 1 amide bonds. The van der Waals surface area contributed by atoms with E-state index in [0.717, 1.165) is 24.3 Å². The second-order valence-electron chi connectivity index (χ2n) is 4.33. The standard InChI is InChI=1S/C12H9F3N4O4/c1-6-10(19(21)22)9(18-17-6)11(20)16-7-2-4-8(5-3-7)23-12(13,14)15/h2-5H,1H3,(H,16,20)(H,17,18). The number of ether oxygens (including phenoxy) is 1. The number of halogens is 3. The van der Waals surface area contributed by atoms with Gasteiger partial charge in [-0.25, -0.2) is 0 Å². The van der Waals surface area contributed by atoms with Crippen molar-refractivity contribution in [1.82, 2.24) is 10.2 Å². The number of nitrogens with zero attached hydrogens (tertiary/aromatic N) is 2. The molecule has 0 radical (unpaired) electrons. The van der Waals surface area contributed by atoms with Crippen LogP contribution in [-0.2, 0) is 0 Å². The Labute approximate surface area is 126 Å². The Morgan fingerprint density at radius 1 is 1.35 bits per heavy atom. The molecule has 0 saturated heterocycles. The van der Waals surface area contributed by atoms with Gasteiger partial charge in [-0.05, 0) is 31.2 Å². The van der Waals surface area contributed by atoms with Gasteiger partial charge in [-0.2, -0.15) is 5.10 Å². The number of hydrogen-bond donors (Lipinski definition) is 2. The topological polar surface area (TPSA) is 110 Å². The van der Waals surface area contributed by atoms with Gasteiger partial charge in [-0.15, -0.1) is 13.2 Å². The molecular formula is C12H9F3N4O4. The van der Waals surface area contributed by atoms with Crippen LogP contribution in [0.4, 0.5) is 24.5 Å². The molecule has 0 atom stereocenters. The predicted molar refractivity (Wildman–Crippen MR) is 71.1 cm³/mol. The zero-order chi connectivity index (χ0) is 17.2. The summed E-state index contributed by atoms with van der Waals surface area (Å²) >= 11 is 0. The van der Waals surface area contributed by atoms with E-state index in [0.29, 0.717) is 0 Å². The lowest BCUT2D eigenvalue weighted by atomic mass is 10.2. The molecule has 0 aliphatic carbocycles. The van der Waals surface area contributed by atoms with E-state index in [2.05, 4.69) is 20.3 Å². The largest absolute Gasteiger partial charge is 0.573 e. The Bertz CT molecular complexity index is 740. The fourth-order valence-corrected chi connectivity index (χ4v) is 1.74. The Morgan fingerprint density at radius 2 is 1.96 bits per heavy atom. The molecule has 0 saturated carbocycles. The van der Waals surface area contributed by atoms with E-state index < -0.39 is 34.3 Å². The molecule has 2 N–H and O–H groups in total. The third kappa shape index (κ3) is 3.96. The molecule has 0 aliphatic rings. The molecule has 11 heteroatoms. The first-order valence-corrected chi connectivity index (χ1v) is 6.04. The minimum atomic E-state index is -4.82. The highest BCUT2D eigenvalue weighted by molar-refractivity contribution is 6.05. The van der Waals surface area contributed by atoms with Crippen molar-refractivity contribution >= 4 is 17.3 Å². The summed E-state index contributed by atoms with van der Waals surface area (Å²) in [7, 11) is 0. The molecule has 1 aromatic heterocycles. The van der Waals surface area contributed by atoms with Crippen molar-refractivity contribution < 1.29 is 27.6 Å². The van der Waals surface area contributed by atoms with Crippen LogP contribution in [0.3, 0.4) is 0 Å². The molecule has 0 spiro atoms. The van der Waals surface area contributed by atoms with E-state index in [4.69, 9.17) is 0 Å². The van der Waals surface area contributed by atoms with Gasteiger partial charge >= 0.3 is 12.0 Å². The van der Waals surface area contributed by atoms with Crippen molar-refractivity contribution in [1.29, 1.82) is 0 Å². The monoisotopic (exact) mass is 330 g/mol. The number of aryl methyl sites for hydroxylation is 1. The molecule has 0 fully saturated rings. The summed E-state index contributed by atoms with van der Waals surface area (Å²) in [6.45, 7) is 1.38. The van der Waals surface area contributed by atoms with Crippen LogP contribution in [0, 0.1) is 17.0 Å². The average Bonchev–Trinajstić information content (AvgIpc) is 2.81. The van der Waals surface area contributed by atoms with Crippen molar-refractivity contribution in [2.24, 2.45) is 0 Å². The first-order valence-electron chi connectivity index (χ1n) is 6.04. The van der Waals surface area contributed by atoms with Gasteiger partial charge in [0.2, 0.25) is 5.69 Å². The number of anilines is 1. The van der Waals surface area contributed by atoms with Gasteiger partial charge in [-0.3, -0.25) is 20.0 Å². The number of benzene rings is 1. The maximum Gasteiger partial charge on any atom is 0.573 e. The van der Waals surface area contributed by atoms with Crippen molar-refractivity contribution in [3.05, 3.63) is 45.8 Å². The van der Waals surface area contributed by atoms with E-state index in [-0.39, 0.29) is 11.4 Å². The number of H-pyrrole nitrogens is 1. The second kappa shape index (κ2) is 5.94. The van der Waals surface area contributed by atoms with Crippen molar-refractivity contribution in [3.63, 3.8) is 0 Å². The lowest BCUT2D eigenvalue weighted by molar-refractivity contribution is -0.385. The SMILES string of the molecule is Cc1[nH]nc(C(=O)Nc2ccc(OC(F)(F)F)cc2)c1[N+](=O)[O-].